The summed E-state index contributed by atoms with van der Waals surface area (Å²) < 4.78 is 0. The van der Waals surface area contributed by atoms with Crippen LogP contribution >= 0.6 is 0 Å². The summed E-state index contributed by atoms with van der Waals surface area (Å²) in [6, 6.07) is 8.83. The van der Waals surface area contributed by atoms with Gasteiger partial charge >= 0.3 is 0 Å². The SMILES string of the molecule is CCNC(c1ccnnc1)c1cc(C)cc(C)c1. The molecule has 3 nitrogen and oxygen atoms in total. The van der Waals surface area contributed by atoms with Gasteiger partial charge in [-0.2, -0.15) is 10.2 Å². The molecule has 2 rings (SSSR count). The third-order valence-electron chi connectivity index (χ3n) is 2.93. The van der Waals surface area contributed by atoms with Crippen LogP contribution < -0.4 is 5.32 Å². The Bertz CT molecular complexity index is 488. The van der Waals surface area contributed by atoms with Crippen LogP contribution in [0.4, 0.5) is 0 Å². The largest absolute Gasteiger partial charge is 0.306 e. The highest BCUT2D eigenvalue weighted by atomic mass is 15.1. The van der Waals surface area contributed by atoms with Crippen LogP contribution in [0.1, 0.15) is 35.2 Å². The Labute approximate surface area is 108 Å². The van der Waals surface area contributed by atoms with Gasteiger partial charge in [-0.3, -0.25) is 0 Å². The number of nitrogens with one attached hydrogen (secondary N) is 1. The second-order valence-electron chi connectivity index (χ2n) is 4.59. The average Bonchev–Trinajstić information content (AvgIpc) is 2.36. The second kappa shape index (κ2) is 5.74. The van der Waals surface area contributed by atoms with Gasteiger partial charge in [0, 0.05) is 6.20 Å². The summed E-state index contributed by atoms with van der Waals surface area (Å²) >= 11 is 0. The van der Waals surface area contributed by atoms with E-state index in [0.29, 0.717) is 0 Å². The lowest BCUT2D eigenvalue weighted by Gasteiger charge is -2.19. The van der Waals surface area contributed by atoms with E-state index in [0.717, 1.165) is 12.1 Å². The molecule has 94 valence electrons. The molecule has 0 aliphatic rings. The molecule has 0 fully saturated rings. The summed E-state index contributed by atoms with van der Waals surface area (Å²) in [6.07, 6.45) is 3.56. The minimum Gasteiger partial charge on any atom is -0.306 e. The fraction of sp³-hybridized carbons (Fsp3) is 0.333. The van der Waals surface area contributed by atoms with Crippen LogP contribution in [0.2, 0.25) is 0 Å². The molecule has 1 heterocycles. The Hall–Kier alpha value is -1.74. The van der Waals surface area contributed by atoms with E-state index in [-0.39, 0.29) is 6.04 Å². The van der Waals surface area contributed by atoms with Crippen LogP contribution in [0, 0.1) is 13.8 Å². The lowest BCUT2D eigenvalue weighted by molar-refractivity contribution is 0.625. The molecule has 1 aromatic heterocycles. The van der Waals surface area contributed by atoms with E-state index < -0.39 is 0 Å². The van der Waals surface area contributed by atoms with Gasteiger partial charge in [0.25, 0.3) is 0 Å². The van der Waals surface area contributed by atoms with Gasteiger partial charge in [-0.15, -0.1) is 0 Å². The van der Waals surface area contributed by atoms with Gasteiger partial charge in [0.15, 0.2) is 0 Å². The monoisotopic (exact) mass is 241 g/mol. The molecule has 1 N–H and O–H groups in total. The standard InChI is InChI=1S/C15H19N3/c1-4-16-15(13-5-6-17-18-10-13)14-8-11(2)7-12(3)9-14/h5-10,15-16H,4H2,1-3H3. The van der Waals surface area contributed by atoms with Crippen LogP contribution in [-0.4, -0.2) is 16.7 Å². The molecule has 0 saturated heterocycles. The third-order valence-corrected chi connectivity index (χ3v) is 2.93. The smallest absolute Gasteiger partial charge is 0.0593 e. The number of aryl methyl sites for hydroxylation is 2. The van der Waals surface area contributed by atoms with Crippen LogP contribution in [0.15, 0.2) is 36.7 Å². The highest BCUT2D eigenvalue weighted by molar-refractivity contribution is 5.35. The van der Waals surface area contributed by atoms with Crippen LogP contribution in [0.25, 0.3) is 0 Å². The summed E-state index contributed by atoms with van der Waals surface area (Å²) in [5, 5.41) is 11.3. The first-order chi connectivity index (χ1) is 8.70. The number of hydrogen-bond donors (Lipinski definition) is 1. The zero-order valence-corrected chi connectivity index (χ0v) is 11.1. The number of benzene rings is 1. The van der Waals surface area contributed by atoms with Gasteiger partial charge in [0.05, 0.1) is 12.2 Å². The van der Waals surface area contributed by atoms with Gasteiger partial charge in [-0.1, -0.05) is 36.2 Å². The van der Waals surface area contributed by atoms with Gasteiger partial charge < -0.3 is 5.32 Å². The molecule has 18 heavy (non-hydrogen) atoms. The molecule has 0 amide bonds. The highest BCUT2D eigenvalue weighted by Crippen LogP contribution is 2.23. The summed E-state index contributed by atoms with van der Waals surface area (Å²) in [5.41, 5.74) is 5.00. The fourth-order valence-electron chi connectivity index (χ4n) is 2.28. The molecule has 0 aliphatic carbocycles. The molecule has 1 aromatic carbocycles. The number of hydrogen-bond acceptors (Lipinski definition) is 3. The molecule has 1 atom stereocenters. The molecule has 1 unspecified atom stereocenters. The van der Waals surface area contributed by atoms with Crippen molar-refractivity contribution in [2.45, 2.75) is 26.8 Å². The van der Waals surface area contributed by atoms with Crippen molar-refractivity contribution >= 4 is 0 Å². The van der Waals surface area contributed by atoms with Crippen molar-refractivity contribution in [2.75, 3.05) is 6.54 Å². The predicted octanol–water partition coefficient (Wildman–Crippen LogP) is 2.79. The predicted molar refractivity (Wildman–Crippen MR) is 73.5 cm³/mol. The summed E-state index contributed by atoms with van der Waals surface area (Å²) in [6.45, 7) is 7.29. The van der Waals surface area contributed by atoms with E-state index in [1.807, 2.05) is 12.3 Å². The summed E-state index contributed by atoms with van der Waals surface area (Å²) in [5.74, 6) is 0. The van der Waals surface area contributed by atoms with Crippen molar-refractivity contribution in [2.24, 2.45) is 0 Å². The van der Waals surface area contributed by atoms with Gasteiger partial charge in [-0.05, 0) is 37.6 Å². The van der Waals surface area contributed by atoms with E-state index in [9.17, 15) is 0 Å². The highest BCUT2D eigenvalue weighted by Gasteiger charge is 2.13. The molecule has 0 spiro atoms. The van der Waals surface area contributed by atoms with Crippen molar-refractivity contribution in [1.29, 1.82) is 0 Å². The van der Waals surface area contributed by atoms with Crippen molar-refractivity contribution in [3.8, 4) is 0 Å². The van der Waals surface area contributed by atoms with Crippen LogP contribution in [-0.2, 0) is 0 Å². The maximum atomic E-state index is 3.97. The van der Waals surface area contributed by atoms with Gasteiger partial charge in [0.1, 0.15) is 0 Å². The fourth-order valence-corrected chi connectivity index (χ4v) is 2.28. The topological polar surface area (TPSA) is 37.8 Å². The quantitative estimate of drug-likeness (QED) is 0.894. The van der Waals surface area contributed by atoms with Gasteiger partial charge in [-0.25, -0.2) is 0 Å². The minimum absolute atomic E-state index is 0.184. The molecule has 0 aliphatic heterocycles. The van der Waals surface area contributed by atoms with E-state index in [2.05, 4.69) is 54.5 Å². The minimum atomic E-state index is 0.184. The first kappa shape index (κ1) is 12.7. The zero-order chi connectivity index (χ0) is 13.0. The normalized spacial score (nSPS) is 12.4. The van der Waals surface area contributed by atoms with Crippen molar-refractivity contribution in [3.05, 3.63) is 58.9 Å². The zero-order valence-electron chi connectivity index (χ0n) is 11.1. The molecule has 2 aromatic rings. The third kappa shape index (κ3) is 2.93. The molecule has 3 heteroatoms. The molecular formula is C15H19N3. The molecule has 0 radical (unpaired) electrons. The van der Waals surface area contributed by atoms with E-state index in [4.69, 9.17) is 0 Å². The average molecular weight is 241 g/mol. The maximum Gasteiger partial charge on any atom is 0.0593 e. The maximum absolute atomic E-state index is 3.97. The number of aromatic nitrogens is 2. The lowest BCUT2D eigenvalue weighted by atomic mass is 9.97. The van der Waals surface area contributed by atoms with Crippen molar-refractivity contribution in [3.63, 3.8) is 0 Å². The van der Waals surface area contributed by atoms with Crippen molar-refractivity contribution < 1.29 is 0 Å². The summed E-state index contributed by atoms with van der Waals surface area (Å²) in [4.78, 5) is 0. The summed E-state index contributed by atoms with van der Waals surface area (Å²) in [7, 11) is 0. The van der Waals surface area contributed by atoms with Gasteiger partial charge in [0.2, 0.25) is 0 Å². The Morgan fingerprint density at radius 2 is 1.78 bits per heavy atom. The van der Waals surface area contributed by atoms with E-state index in [1.165, 1.54) is 16.7 Å². The number of rotatable bonds is 4. The molecule has 0 bridgehead atoms. The van der Waals surface area contributed by atoms with Crippen molar-refractivity contribution in [1.82, 2.24) is 15.5 Å². The lowest BCUT2D eigenvalue weighted by Crippen LogP contribution is -2.22. The first-order valence-corrected chi connectivity index (χ1v) is 6.29. The van der Waals surface area contributed by atoms with E-state index >= 15 is 0 Å². The Balaban J connectivity index is 2.41. The molecule has 0 saturated carbocycles. The van der Waals surface area contributed by atoms with Crippen LogP contribution in [0.5, 0.6) is 0 Å². The Morgan fingerprint density at radius 3 is 2.33 bits per heavy atom. The Kier molecular flexibility index (Phi) is 4.05. The Morgan fingerprint density at radius 1 is 1.06 bits per heavy atom. The molecular weight excluding hydrogens is 222 g/mol. The number of nitrogens with zero attached hydrogens (tertiary/aromatic N) is 2. The first-order valence-electron chi connectivity index (χ1n) is 6.29. The van der Waals surface area contributed by atoms with E-state index in [1.54, 1.807) is 6.20 Å². The second-order valence-corrected chi connectivity index (χ2v) is 4.59. The van der Waals surface area contributed by atoms with Crippen LogP contribution in [0.3, 0.4) is 0 Å².